The molecule has 2 N–H and O–H groups in total. The third-order valence-corrected chi connectivity index (χ3v) is 8.50. The van der Waals surface area contributed by atoms with Crippen molar-refractivity contribution in [1.82, 2.24) is 25.4 Å². The predicted octanol–water partition coefficient (Wildman–Crippen LogP) is 4.58. The molecule has 0 saturated carbocycles. The lowest BCUT2D eigenvalue weighted by Crippen LogP contribution is -2.39. The smallest absolute Gasteiger partial charge is 0.322 e. The lowest BCUT2D eigenvalue weighted by Gasteiger charge is -2.18. The van der Waals surface area contributed by atoms with Gasteiger partial charge in [0.05, 0.1) is 16.6 Å². The van der Waals surface area contributed by atoms with Gasteiger partial charge in [0.25, 0.3) is 5.91 Å². The van der Waals surface area contributed by atoms with Crippen LogP contribution in [0.25, 0.3) is 10.6 Å². The fourth-order valence-corrected chi connectivity index (χ4v) is 6.43. The van der Waals surface area contributed by atoms with Crippen molar-refractivity contribution in [1.29, 1.82) is 0 Å². The Hall–Kier alpha value is -3.05. The minimum absolute atomic E-state index is 0.0236. The van der Waals surface area contributed by atoms with Crippen LogP contribution in [0, 0.1) is 0 Å². The van der Waals surface area contributed by atoms with Gasteiger partial charge in [-0.3, -0.25) is 9.59 Å². The van der Waals surface area contributed by atoms with Crippen LogP contribution in [-0.4, -0.2) is 52.2 Å². The van der Waals surface area contributed by atoms with Crippen LogP contribution in [0.4, 0.5) is 0 Å². The molecule has 0 aliphatic carbocycles. The summed E-state index contributed by atoms with van der Waals surface area (Å²) in [5.41, 5.74) is 2.55. The van der Waals surface area contributed by atoms with E-state index in [1.807, 2.05) is 31.3 Å². The van der Waals surface area contributed by atoms with Crippen molar-refractivity contribution < 1.29 is 9.53 Å². The van der Waals surface area contributed by atoms with Crippen molar-refractivity contribution in [3.63, 3.8) is 0 Å². The quantitative estimate of drug-likeness (QED) is 0.330. The van der Waals surface area contributed by atoms with Crippen LogP contribution < -0.4 is 14.9 Å². The zero-order valence-electron chi connectivity index (χ0n) is 20.4. The van der Waals surface area contributed by atoms with Gasteiger partial charge in [-0.2, -0.15) is 5.10 Å². The lowest BCUT2D eigenvalue weighted by atomic mass is 10.0. The van der Waals surface area contributed by atoms with E-state index in [0.29, 0.717) is 29.5 Å². The molecule has 1 fully saturated rings. The molecular formula is C26H26ClN5O3S2. The molecule has 0 bridgehead atoms. The maximum atomic E-state index is 13.0. The second kappa shape index (κ2) is 11.1. The van der Waals surface area contributed by atoms with Crippen LogP contribution >= 0.6 is 34.3 Å². The number of rotatable bonds is 8. The summed E-state index contributed by atoms with van der Waals surface area (Å²) in [5, 5.41) is 12.0. The normalized spacial score (nSPS) is 17.7. The maximum absolute atomic E-state index is 13.0. The minimum Gasteiger partial charge on any atom is -0.488 e. The number of hydrogen-bond donors (Lipinski definition) is 2. The molecule has 2 aromatic carbocycles. The molecule has 4 aromatic rings. The summed E-state index contributed by atoms with van der Waals surface area (Å²) in [6, 6.07) is 14.7. The molecule has 1 aliphatic heterocycles. The van der Waals surface area contributed by atoms with Crippen molar-refractivity contribution in [2.45, 2.75) is 31.9 Å². The fraction of sp³-hybridized carbons (Fsp3) is 0.308. The van der Waals surface area contributed by atoms with Gasteiger partial charge in [0.2, 0.25) is 0 Å². The third kappa shape index (κ3) is 5.93. The van der Waals surface area contributed by atoms with Gasteiger partial charge in [0.1, 0.15) is 22.4 Å². The Bertz CT molecular complexity index is 1450. The Balaban J connectivity index is 1.22. The van der Waals surface area contributed by atoms with Crippen LogP contribution in [0.2, 0.25) is 5.02 Å². The molecule has 192 valence electrons. The Kier molecular flexibility index (Phi) is 7.71. The van der Waals surface area contributed by atoms with Gasteiger partial charge >= 0.3 is 4.87 Å². The minimum atomic E-state index is -0.185. The number of halogens is 1. The molecule has 1 aliphatic rings. The van der Waals surface area contributed by atoms with E-state index in [0.717, 1.165) is 50.5 Å². The first-order valence-electron chi connectivity index (χ1n) is 11.9. The van der Waals surface area contributed by atoms with Gasteiger partial charge < -0.3 is 15.0 Å². The number of likely N-dealkylation sites (N-methyl/N-ethyl adjacent to an activating group) is 1. The highest BCUT2D eigenvalue weighted by molar-refractivity contribution is 7.15. The molecule has 1 amide bonds. The van der Waals surface area contributed by atoms with Crippen molar-refractivity contribution >= 4 is 40.2 Å². The average molecular weight is 556 g/mol. The fourth-order valence-electron chi connectivity index (χ4n) is 4.42. The van der Waals surface area contributed by atoms with Crippen LogP contribution in [-0.2, 0) is 13.0 Å². The largest absolute Gasteiger partial charge is 0.488 e. The Morgan fingerprint density at radius 1 is 1.22 bits per heavy atom. The standard InChI is InChI=1S/C26H26ClN5O3S2/c1-3-20-22(36-24(29-20)16-5-4-6-17(27)11-16)14-35-18-9-7-15(8-10-18)23(33)28-21-13-32(2)12-19(21)25-30-31-26(34)37-25/h4-11,19,21H,3,12-14H2,1-2H3,(H,28,33)(H,31,34)/t19-,21+/m0/s1. The first-order valence-corrected chi connectivity index (χ1v) is 13.9. The van der Waals surface area contributed by atoms with Gasteiger partial charge in [-0.05, 0) is 49.9 Å². The predicted molar refractivity (Wildman–Crippen MR) is 147 cm³/mol. The number of aromatic nitrogens is 3. The third-order valence-electron chi connectivity index (χ3n) is 6.26. The molecule has 2 atom stereocenters. The number of aromatic amines is 1. The summed E-state index contributed by atoms with van der Waals surface area (Å²) in [4.78, 5) is 32.3. The van der Waals surface area contributed by atoms with E-state index in [4.69, 9.17) is 21.3 Å². The van der Waals surface area contributed by atoms with E-state index in [1.165, 1.54) is 0 Å². The van der Waals surface area contributed by atoms with Gasteiger partial charge in [0.15, 0.2) is 0 Å². The molecule has 1 saturated heterocycles. The highest BCUT2D eigenvalue weighted by atomic mass is 35.5. The van der Waals surface area contributed by atoms with Gasteiger partial charge in [-0.25, -0.2) is 10.1 Å². The number of carbonyl (C=O) groups is 1. The first-order chi connectivity index (χ1) is 17.9. The molecule has 8 nitrogen and oxygen atoms in total. The summed E-state index contributed by atoms with van der Waals surface area (Å²) in [6.07, 6.45) is 0.807. The summed E-state index contributed by atoms with van der Waals surface area (Å²) >= 11 is 8.85. The van der Waals surface area contributed by atoms with E-state index < -0.39 is 0 Å². The molecule has 11 heteroatoms. The second-order valence-corrected chi connectivity index (χ2v) is 11.4. The van der Waals surface area contributed by atoms with Crippen molar-refractivity contribution in [2.24, 2.45) is 0 Å². The number of benzene rings is 2. The number of nitrogens with zero attached hydrogens (tertiary/aromatic N) is 3. The molecular weight excluding hydrogens is 530 g/mol. The number of ether oxygens (including phenoxy) is 1. The second-order valence-electron chi connectivity index (χ2n) is 8.92. The van der Waals surface area contributed by atoms with E-state index >= 15 is 0 Å². The summed E-state index contributed by atoms with van der Waals surface area (Å²) in [7, 11) is 1.99. The molecule has 0 radical (unpaired) electrons. The number of hydrogen-bond acceptors (Lipinski definition) is 8. The number of H-pyrrole nitrogens is 1. The number of nitrogens with one attached hydrogen (secondary N) is 2. The number of aryl methyl sites for hydroxylation is 1. The highest BCUT2D eigenvalue weighted by Crippen LogP contribution is 2.31. The molecule has 37 heavy (non-hydrogen) atoms. The maximum Gasteiger partial charge on any atom is 0.322 e. The highest BCUT2D eigenvalue weighted by Gasteiger charge is 2.35. The van der Waals surface area contributed by atoms with Crippen molar-refractivity contribution in [3.8, 4) is 16.3 Å². The zero-order valence-corrected chi connectivity index (χ0v) is 22.8. The van der Waals surface area contributed by atoms with E-state index in [9.17, 15) is 9.59 Å². The van der Waals surface area contributed by atoms with Crippen LogP contribution in [0.1, 0.15) is 38.8 Å². The van der Waals surface area contributed by atoms with E-state index in [1.54, 1.807) is 35.6 Å². The SMILES string of the molecule is CCc1nc(-c2cccc(Cl)c2)sc1COc1ccc(C(=O)N[C@@H]2CN(C)C[C@@H]2c2n[nH]c(=O)s2)cc1. The topological polar surface area (TPSA) is 100 Å². The van der Waals surface area contributed by atoms with Crippen LogP contribution in [0.15, 0.2) is 53.3 Å². The monoisotopic (exact) mass is 555 g/mol. The molecule has 2 aromatic heterocycles. The average Bonchev–Trinajstić information content (AvgIpc) is 3.61. The molecule has 3 heterocycles. The van der Waals surface area contributed by atoms with E-state index in [-0.39, 0.29) is 22.7 Å². The first kappa shape index (κ1) is 25.6. The molecule has 0 spiro atoms. The summed E-state index contributed by atoms with van der Waals surface area (Å²) in [5.74, 6) is 0.488. The number of likely N-dealkylation sites (tertiary alicyclic amines) is 1. The molecule has 5 rings (SSSR count). The van der Waals surface area contributed by atoms with E-state index in [2.05, 4.69) is 27.3 Å². The van der Waals surface area contributed by atoms with Gasteiger partial charge in [-0.15, -0.1) is 11.3 Å². The van der Waals surface area contributed by atoms with Crippen LogP contribution in [0.5, 0.6) is 5.75 Å². The lowest BCUT2D eigenvalue weighted by molar-refractivity contribution is 0.0935. The zero-order chi connectivity index (χ0) is 25.9. The number of amides is 1. The Morgan fingerprint density at radius 2 is 2.03 bits per heavy atom. The Labute approximate surface area is 227 Å². The number of thiazole rings is 1. The van der Waals surface area contributed by atoms with Gasteiger partial charge in [0, 0.05) is 35.2 Å². The Morgan fingerprint density at radius 3 is 2.73 bits per heavy atom. The summed E-state index contributed by atoms with van der Waals surface area (Å²) < 4.78 is 6.03. The number of carbonyl (C=O) groups excluding carboxylic acids is 1. The molecule has 0 unspecified atom stereocenters. The van der Waals surface area contributed by atoms with Gasteiger partial charge in [-0.1, -0.05) is 42.0 Å². The van der Waals surface area contributed by atoms with Crippen molar-refractivity contribution in [2.75, 3.05) is 20.1 Å². The summed E-state index contributed by atoms with van der Waals surface area (Å²) in [6.45, 7) is 3.90. The van der Waals surface area contributed by atoms with Crippen LogP contribution in [0.3, 0.4) is 0 Å². The van der Waals surface area contributed by atoms with Crippen molar-refractivity contribution in [3.05, 3.63) is 84.4 Å².